The van der Waals surface area contributed by atoms with Crippen molar-refractivity contribution in [3.8, 4) is 5.75 Å². The summed E-state index contributed by atoms with van der Waals surface area (Å²) in [5.41, 5.74) is 5.89. The van der Waals surface area contributed by atoms with Crippen molar-refractivity contribution in [3.63, 3.8) is 0 Å². The minimum atomic E-state index is -0.332. The van der Waals surface area contributed by atoms with Gasteiger partial charge in [-0.3, -0.25) is 9.59 Å². The van der Waals surface area contributed by atoms with Crippen molar-refractivity contribution >= 4 is 17.5 Å². The molecular weight excluding hydrogens is 328 g/mol. The van der Waals surface area contributed by atoms with Gasteiger partial charge in [-0.05, 0) is 56.9 Å². The van der Waals surface area contributed by atoms with Crippen LogP contribution in [0.15, 0.2) is 30.3 Å². The lowest BCUT2D eigenvalue weighted by Crippen LogP contribution is -2.36. The van der Waals surface area contributed by atoms with Gasteiger partial charge in [0.25, 0.3) is 5.91 Å². The molecule has 0 aromatic heterocycles. The highest BCUT2D eigenvalue weighted by molar-refractivity contribution is 5.95. The molecule has 2 aromatic rings. The third-order valence-corrected chi connectivity index (χ3v) is 4.14. The van der Waals surface area contributed by atoms with Crippen LogP contribution in [0.25, 0.3) is 0 Å². The first-order valence-corrected chi connectivity index (χ1v) is 8.61. The fourth-order valence-corrected chi connectivity index (χ4v) is 2.96. The second kappa shape index (κ2) is 8.52. The topological polar surface area (TPSA) is 67.4 Å². The molecule has 0 unspecified atom stereocenters. The number of hydrogen-bond acceptors (Lipinski definition) is 3. The van der Waals surface area contributed by atoms with Gasteiger partial charge in [0.15, 0.2) is 6.61 Å². The number of amides is 2. The van der Waals surface area contributed by atoms with Gasteiger partial charge in [0.1, 0.15) is 5.75 Å². The predicted molar refractivity (Wildman–Crippen MR) is 104 cm³/mol. The van der Waals surface area contributed by atoms with Crippen molar-refractivity contribution in [2.24, 2.45) is 0 Å². The second-order valence-electron chi connectivity index (χ2n) is 6.61. The van der Waals surface area contributed by atoms with Crippen molar-refractivity contribution in [1.82, 2.24) is 5.32 Å². The summed E-state index contributed by atoms with van der Waals surface area (Å²) in [4.78, 5) is 24.1. The maximum atomic E-state index is 12.1. The maximum Gasteiger partial charge on any atom is 0.258 e. The SMILES string of the molecule is Cc1cc(C)c(OCC(=O)NCC(=O)Nc2c(C)cccc2C)c(C)c1. The molecule has 0 radical (unpaired) electrons. The molecule has 5 nitrogen and oxygen atoms in total. The molecule has 2 aromatic carbocycles. The highest BCUT2D eigenvalue weighted by Crippen LogP contribution is 2.24. The number of rotatable bonds is 6. The van der Waals surface area contributed by atoms with Crippen LogP contribution in [0.3, 0.4) is 0 Å². The normalized spacial score (nSPS) is 10.3. The molecule has 2 N–H and O–H groups in total. The minimum absolute atomic E-state index is 0.0954. The largest absolute Gasteiger partial charge is 0.483 e. The molecule has 0 spiro atoms. The lowest BCUT2D eigenvalue weighted by atomic mass is 10.1. The molecule has 0 fully saturated rings. The summed E-state index contributed by atoms with van der Waals surface area (Å²) in [6.07, 6.45) is 0. The van der Waals surface area contributed by atoms with Crippen LogP contribution in [0.4, 0.5) is 5.69 Å². The van der Waals surface area contributed by atoms with Crippen LogP contribution in [-0.2, 0) is 9.59 Å². The van der Waals surface area contributed by atoms with E-state index >= 15 is 0 Å². The summed E-state index contributed by atoms with van der Waals surface area (Å²) in [7, 11) is 0. The van der Waals surface area contributed by atoms with Crippen molar-refractivity contribution in [2.75, 3.05) is 18.5 Å². The Morgan fingerprint density at radius 2 is 1.46 bits per heavy atom. The molecule has 0 heterocycles. The molecule has 0 atom stereocenters. The number of anilines is 1. The molecule has 0 aliphatic rings. The van der Waals surface area contributed by atoms with Crippen LogP contribution >= 0.6 is 0 Å². The number of carbonyl (C=O) groups is 2. The van der Waals surface area contributed by atoms with E-state index in [1.165, 1.54) is 0 Å². The number of para-hydroxylation sites is 1. The number of hydrogen-bond donors (Lipinski definition) is 2. The summed E-state index contributed by atoms with van der Waals surface area (Å²) in [6.45, 7) is 9.56. The standard InChI is InChI=1S/C21H26N2O3/c1-13-9-16(4)21(17(5)10-13)26-12-19(25)22-11-18(24)23-20-14(2)7-6-8-15(20)3/h6-10H,11-12H2,1-5H3,(H,22,25)(H,23,24). The number of aryl methyl sites for hydroxylation is 5. The van der Waals surface area contributed by atoms with Gasteiger partial charge in [0.2, 0.25) is 5.91 Å². The van der Waals surface area contributed by atoms with E-state index in [9.17, 15) is 9.59 Å². The van der Waals surface area contributed by atoms with Gasteiger partial charge in [0, 0.05) is 5.69 Å². The summed E-state index contributed by atoms with van der Waals surface area (Å²) in [6, 6.07) is 9.83. The van der Waals surface area contributed by atoms with Crippen LogP contribution in [-0.4, -0.2) is 25.0 Å². The third-order valence-electron chi connectivity index (χ3n) is 4.14. The maximum absolute atomic E-state index is 12.1. The van der Waals surface area contributed by atoms with Crippen LogP contribution in [0, 0.1) is 34.6 Å². The molecule has 0 saturated carbocycles. The first-order valence-electron chi connectivity index (χ1n) is 8.61. The van der Waals surface area contributed by atoms with Gasteiger partial charge >= 0.3 is 0 Å². The fraction of sp³-hybridized carbons (Fsp3) is 0.333. The zero-order chi connectivity index (χ0) is 19.3. The van der Waals surface area contributed by atoms with E-state index in [-0.39, 0.29) is 25.0 Å². The highest BCUT2D eigenvalue weighted by atomic mass is 16.5. The number of nitrogens with one attached hydrogen (secondary N) is 2. The van der Waals surface area contributed by atoms with Crippen molar-refractivity contribution < 1.29 is 14.3 Å². The smallest absolute Gasteiger partial charge is 0.258 e. The molecular formula is C21H26N2O3. The molecule has 0 bridgehead atoms. The number of ether oxygens (including phenoxy) is 1. The zero-order valence-corrected chi connectivity index (χ0v) is 16.0. The average molecular weight is 354 g/mol. The highest BCUT2D eigenvalue weighted by Gasteiger charge is 2.11. The van der Waals surface area contributed by atoms with Crippen LogP contribution in [0.1, 0.15) is 27.8 Å². The number of benzene rings is 2. The summed E-state index contributed by atoms with van der Waals surface area (Å²) in [5.74, 6) is 0.116. The second-order valence-corrected chi connectivity index (χ2v) is 6.61. The summed E-state index contributed by atoms with van der Waals surface area (Å²) >= 11 is 0. The van der Waals surface area contributed by atoms with E-state index in [2.05, 4.69) is 10.6 Å². The van der Waals surface area contributed by atoms with Crippen LogP contribution < -0.4 is 15.4 Å². The van der Waals surface area contributed by atoms with Crippen molar-refractivity contribution in [3.05, 3.63) is 58.1 Å². The first-order chi connectivity index (χ1) is 12.3. The van der Waals surface area contributed by atoms with Crippen molar-refractivity contribution in [2.45, 2.75) is 34.6 Å². The number of carbonyl (C=O) groups excluding carboxylic acids is 2. The Hall–Kier alpha value is -2.82. The van der Waals surface area contributed by atoms with Crippen LogP contribution in [0.5, 0.6) is 5.75 Å². The average Bonchev–Trinajstić information content (AvgIpc) is 2.55. The van der Waals surface area contributed by atoms with E-state index in [4.69, 9.17) is 4.74 Å². The Kier molecular flexibility index (Phi) is 6.39. The van der Waals surface area contributed by atoms with Gasteiger partial charge in [-0.1, -0.05) is 35.9 Å². The van der Waals surface area contributed by atoms with Gasteiger partial charge in [0.05, 0.1) is 6.54 Å². The van der Waals surface area contributed by atoms with Gasteiger partial charge in [-0.25, -0.2) is 0 Å². The van der Waals surface area contributed by atoms with E-state index in [1.54, 1.807) is 0 Å². The molecule has 0 aliphatic heterocycles. The summed E-state index contributed by atoms with van der Waals surface area (Å²) in [5, 5.41) is 5.42. The van der Waals surface area contributed by atoms with E-state index in [1.807, 2.05) is 65.0 Å². The zero-order valence-electron chi connectivity index (χ0n) is 16.0. The molecule has 0 aliphatic carbocycles. The van der Waals surface area contributed by atoms with Gasteiger partial charge < -0.3 is 15.4 Å². The minimum Gasteiger partial charge on any atom is -0.483 e. The molecule has 138 valence electrons. The van der Waals surface area contributed by atoms with Crippen molar-refractivity contribution in [1.29, 1.82) is 0 Å². The molecule has 2 amide bonds. The Bertz CT molecular complexity index is 785. The summed E-state index contributed by atoms with van der Waals surface area (Å²) < 4.78 is 5.63. The Labute approximate surface area is 154 Å². The van der Waals surface area contributed by atoms with Gasteiger partial charge in [-0.15, -0.1) is 0 Å². The molecule has 0 saturated heterocycles. The Morgan fingerprint density at radius 1 is 0.885 bits per heavy atom. The molecule has 26 heavy (non-hydrogen) atoms. The monoisotopic (exact) mass is 354 g/mol. The quantitative estimate of drug-likeness (QED) is 0.836. The van der Waals surface area contributed by atoms with Crippen LogP contribution in [0.2, 0.25) is 0 Å². The first kappa shape index (κ1) is 19.5. The molecule has 2 rings (SSSR count). The van der Waals surface area contributed by atoms with Gasteiger partial charge in [-0.2, -0.15) is 0 Å². The van der Waals surface area contributed by atoms with E-state index in [0.29, 0.717) is 5.75 Å². The Balaban J connectivity index is 1.85. The lowest BCUT2D eigenvalue weighted by Gasteiger charge is -2.14. The third kappa shape index (κ3) is 5.09. The lowest BCUT2D eigenvalue weighted by molar-refractivity contribution is -0.125. The fourth-order valence-electron chi connectivity index (χ4n) is 2.96. The Morgan fingerprint density at radius 3 is 2.04 bits per heavy atom. The molecule has 5 heteroatoms. The predicted octanol–water partition coefficient (Wildman–Crippen LogP) is 3.36. The van der Waals surface area contributed by atoms with E-state index in [0.717, 1.165) is 33.5 Å². The van der Waals surface area contributed by atoms with E-state index < -0.39 is 0 Å².